The fourth-order valence-corrected chi connectivity index (χ4v) is 3.02. The Morgan fingerprint density at radius 1 is 1.30 bits per heavy atom. The standard InChI is InChI=1S/C14H22N4O2/c1-10-11(2)20-13(16-10)9-17-6-3-12(4-7-17)18-8-5-15-14(18)19/h12H,3-9H2,1-2H3,(H,15,19). The van der Waals surface area contributed by atoms with Crippen molar-refractivity contribution in [2.45, 2.75) is 39.3 Å². The lowest BCUT2D eigenvalue weighted by molar-refractivity contribution is 0.125. The molecular weight excluding hydrogens is 256 g/mol. The van der Waals surface area contributed by atoms with Crippen LogP contribution in [-0.2, 0) is 6.54 Å². The van der Waals surface area contributed by atoms with Gasteiger partial charge >= 0.3 is 6.03 Å². The minimum atomic E-state index is 0.0994. The number of carbonyl (C=O) groups is 1. The Hall–Kier alpha value is -1.56. The van der Waals surface area contributed by atoms with Crippen LogP contribution in [-0.4, -0.2) is 53.0 Å². The van der Waals surface area contributed by atoms with E-state index >= 15 is 0 Å². The van der Waals surface area contributed by atoms with Gasteiger partial charge in [0.15, 0.2) is 0 Å². The zero-order valence-electron chi connectivity index (χ0n) is 12.2. The maximum Gasteiger partial charge on any atom is 0.317 e. The summed E-state index contributed by atoms with van der Waals surface area (Å²) >= 11 is 0. The number of aryl methyl sites for hydroxylation is 2. The average molecular weight is 278 g/mol. The van der Waals surface area contributed by atoms with E-state index in [0.29, 0.717) is 6.04 Å². The maximum absolute atomic E-state index is 11.7. The van der Waals surface area contributed by atoms with Crippen LogP contribution in [0.2, 0.25) is 0 Å². The van der Waals surface area contributed by atoms with E-state index < -0.39 is 0 Å². The SMILES string of the molecule is Cc1nc(CN2CCC(N3CCNC3=O)CC2)oc1C. The molecule has 0 saturated carbocycles. The zero-order valence-corrected chi connectivity index (χ0v) is 12.2. The number of rotatable bonds is 3. The Labute approximate surface area is 119 Å². The van der Waals surface area contributed by atoms with Crippen molar-refractivity contribution in [1.82, 2.24) is 20.1 Å². The molecule has 110 valence electrons. The molecule has 1 aromatic heterocycles. The molecule has 0 bridgehead atoms. The molecular formula is C14H22N4O2. The third-order valence-corrected chi connectivity index (χ3v) is 4.32. The van der Waals surface area contributed by atoms with Gasteiger partial charge in [-0.05, 0) is 26.7 Å². The van der Waals surface area contributed by atoms with Gasteiger partial charge in [-0.2, -0.15) is 0 Å². The molecule has 0 aromatic carbocycles. The number of urea groups is 1. The van der Waals surface area contributed by atoms with E-state index in [9.17, 15) is 4.79 Å². The van der Waals surface area contributed by atoms with Crippen molar-refractivity contribution >= 4 is 6.03 Å². The number of amides is 2. The number of oxazole rings is 1. The van der Waals surface area contributed by atoms with Crippen LogP contribution in [0.1, 0.15) is 30.2 Å². The van der Waals surface area contributed by atoms with Crippen LogP contribution in [0.25, 0.3) is 0 Å². The second-order valence-electron chi connectivity index (χ2n) is 5.68. The van der Waals surface area contributed by atoms with Gasteiger partial charge in [0, 0.05) is 32.2 Å². The third kappa shape index (κ3) is 2.65. The lowest BCUT2D eigenvalue weighted by Crippen LogP contribution is -2.45. The summed E-state index contributed by atoms with van der Waals surface area (Å²) in [6.45, 7) is 8.32. The van der Waals surface area contributed by atoms with Crippen LogP contribution in [0.3, 0.4) is 0 Å². The monoisotopic (exact) mass is 278 g/mol. The van der Waals surface area contributed by atoms with E-state index in [4.69, 9.17) is 4.42 Å². The van der Waals surface area contributed by atoms with Gasteiger partial charge in [0.1, 0.15) is 5.76 Å². The first-order chi connectivity index (χ1) is 9.63. The molecule has 0 radical (unpaired) electrons. The Morgan fingerprint density at radius 2 is 2.05 bits per heavy atom. The summed E-state index contributed by atoms with van der Waals surface area (Å²) < 4.78 is 5.63. The van der Waals surface area contributed by atoms with Crippen LogP contribution in [0.5, 0.6) is 0 Å². The minimum absolute atomic E-state index is 0.0994. The van der Waals surface area contributed by atoms with Gasteiger partial charge in [-0.25, -0.2) is 9.78 Å². The number of likely N-dealkylation sites (tertiary alicyclic amines) is 1. The zero-order chi connectivity index (χ0) is 14.1. The highest BCUT2D eigenvalue weighted by Gasteiger charge is 2.30. The normalized spacial score (nSPS) is 21.5. The molecule has 6 nitrogen and oxygen atoms in total. The quantitative estimate of drug-likeness (QED) is 0.905. The topological polar surface area (TPSA) is 61.6 Å². The fourth-order valence-electron chi connectivity index (χ4n) is 3.02. The smallest absolute Gasteiger partial charge is 0.317 e. The predicted molar refractivity (Wildman–Crippen MR) is 74.4 cm³/mol. The van der Waals surface area contributed by atoms with Crippen molar-refractivity contribution < 1.29 is 9.21 Å². The Bertz CT molecular complexity index is 472. The van der Waals surface area contributed by atoms with Gasteiger partial charge < -0.3 is 14.6 Å². The van der Waals surface area contributed by atoms with E-state index in [1.807, 2.05) is 18.7 Å². The van der Waals surface area contributed by atoms with Crippen molar-refractivity contribution in [3.8, 4) is 0 Å². The van der Waals surface area contributed by atoms with E-state index in [1.165, 1.54) is 0 Å². The summed E-state index contributed by atoms with van der Waals surface area (Å²) in [4.78, 5) is 20.4. The molecule has 3 heterocycles. The number of aromatic nitrogens is 1. The molecule has 0 aliphatic carbocycles. The van der Waals surface area contributed by atoms with Crippen molar-refractivity contribution in [1.29, 1.82) is 0 Å². The van der Waals surface area contributed by atoms with Crippen molar-refractivity contribution in [3.05, 3.63) is 17.3 Å². The van der Waals surface area contributed by atoms with Crippen LogP contribution < -0.4 is 5.32 Å². The van der Waals surface area contributed by atoms with Crippen LogP contribution in [0, 0.1) is 13.8 Å². The highest BCUT2D eigenvalue weighted by Crippen LogP contribution is 2.20. The summed E-state index contributed by atoms with van der Waals surface area (Å²) in [5.74, 6) is 1.71. The first kappa shape index (κ1) is 13.4. The summed E-state index contributed by atoms with van der Waals surface area (Å²) in [7, 11) is 0. The van der Waals surface area contributed by atoms with Crippen LogP contribution >= 0.6 is 0 Å². The van der Waals surface area contributed by atoms with E-state index in [0.717, 1.165) is 62.9 Å². The summed E-state index contributed by atoms with van der Waals surface area (Å²) in [5.41, 5.74) is 0.976. The summed E-state index contributed by atoms with van der Waals surface area (Å²) in [6.07, 6.45) is 2.07. The molecule has 0 atom stereocenters. The molecule has 0 spiro atoms. The second-order valence-corrected chi connectivity index (χ2v) is 5.68. The summed E-state index contributed by atoms with van der Waals surface area (Å²) in [6, 6.07) is 0.490. The molecule has 0 unspecified atom stereocenters. The largest absolute Gasteiger partial charge is 0.444 e. The first-order valence-corrected chi connectivity index (χ1v) is 7.33. The first-order valence-electron chi connectivity index (χ1n) is 7.33. The molecule has 2 saturated heterocycles. The second kappa shape index (κ2) is 5.44. The van der Waals surface area contributed by atoms with E-state index in [-0.39, 0.29) is 6.03 Å². The van der Waals surface area contributed by atoms with Crippen LogP contribution in [0.15, 0.2) is 4.42 Å². The highest BCUT2D eigenvalue weighted by molar-refractivity contribution is 5.76. The fraction of sp³-hybridized carbons (Fsp3) is 0.714. The molecule has 3 rings (SSSR count). The molecule has 2 amide bonds. The molecule has 1 aromatic rings. The van der Waals surface area contributed by atoms with Gasteiger partial charge in [-0.3, -0.25) is 4.90 Å². The number of hydrogen-bond donors (Lipinski definition) is 1. The van der Waals surface area contributed by atoms with Crippen LogP contribution in [0.4, 0.5) is 4.79 Å². The number of nitrogens with zero attached hydrogens (tertiary/aromatic N) is 3. The van der Waals surface area contributed by atoms with E-state index in [2.05, 4.69) is 15.2 Å². The van der Waals surface area contributed by atoms with Gasteiger partial charge in [-0.15, -0.1) is 0 Å². The number of piperidine rings is 1. The predicted octanol–water partition coefficient (Wildman–Crippen LogP) is 1.28. The molecule has 6 heteroatoms. The molecule has 20 heavy (non-hydrogen) atoms. The van der Waals surface area contributed by atoms with Gasteiger partial charge in [0.2, 0.25) is 5.89 Å². The molecule has 2 fully saturated rings. The minimum Gasteiger partial charge on any atom is -0.444 e. The third-order valence-electron chi connectivity index (χ3n) is 4.32. The van der Waals surface area contributed by atoms with Gasteiger partial charge in [0.25, 0.3) is 0 Å². The number of nitrogens with one attached hydrogen (secondary N) is 1. The highest BCUT2D eigenvalue weighted by atomic mass is 16.4. The van der Waals surface area contributed by atoms with Crippen molar-refractivity contribution in [3.63, 3.8) is 0 Å². The number of carbonyl (C=O) groups excluding carboxylic acids is 1. The van der Waals surface area contributed by atoms with Crippen molar-refractivity contribution in [2.75, 3.05) is 26.2 Å². The van der Waals surface area contributed by atoms with Gasteiger partial charge in [0.05, 0.1) is 12.2 Å². The Balaban J connectivity index is 1.52. The Kier molecular flexibility index (Phi) is 3.65. The lowest BCUT2D eigenvalue weighted by atomic mass is 10.0. The number of hydrogen-bond acceptors (Lipinski definition) is 4. The molecule has 2 aliphatic rings. The summed E-state index contributed by atoms with van der Waals surface area (Å²) in [5, 5.41) is 2.88. The molecule has 1 N–H and O–H groups in total. The average Bonchev–Trinajstić information content (AvgIpc) is 2.98. The van der Waals surface area contributed by atoms with E-state index in [1.54, 1.807) is 0 Å². The molecule has 2 aliphatic heterocycles. The van der Waals surface area contributed by atoms with Crippen molar-refractivity contribution in [2.24, 2.45) is 0 Å². The lowest BCUT2D eigenvalue weighted by Gasteiger charge is -2.35. The van der Waals surface area contributed by atoms with Gasteiger partial charge in [-0.1, -0.05) is 0 Å². The Morgan fingerprint density at radius 3 is 2.60 bits per heavy atom. The maximum atomic E-state index is 11.7.